The van der Waals surface area contributed by atoms with Gasteiger partial charge in [-0.05, 0) is 50.1 Å². The standard InChI is InChI=1S/C36H30O3/c1-4-19-34(37)25-16-10-7-13-22(25)28-31(34)29-23-14-8-11-17-26(23)35(38,20-5-2)33(29)30-24-15-9-12-18-27(24)36(39,21-6-3)32(28)30/h4-18,37-39H,1-3,19-21H2. The molecule has 4 aromatic rings. The van der Waals surface area contributed by atoms with E-state index in [9.17, 15) is 15.3 Å². The summed E-state index contributed by atoms with van der Waals surface area (Å²) in [5, 5.41) is 38.0. The first-order valence-electron chi connectivity index (χ1n) is 13.4. The van der Waals surface area contributed by atoms with Crippen LogP contribution in [0.25, 0.3) is 33.4 Å². The van der Waals surface area contributed by atoms with Crippen molar-refractivity contribution in [3.63, 3.8) is 0 Å². The molecule has 0 spiro atoms. The Kier molecular flexibility index (Phi) is 4.93. The van der Waals surface area contributed by atoms with Crippen LogP contribution in [0.5, 0.6) is 0 Å². The van der Waals surface area contributed by atoms with Crippen LogP contribution in [0.15, 0.2) is 111 Å². The fraction of sp³-hybridized carbons (Fsp3) is 0.167. The fourth-order valence-electron chi connectivity index (χ4n) is 7.65. The number of rotatable bonds is 6. The van der Waals surface area contributed by atoms with Gasteiger partial charge in [-0.2, -0.15) is 0 Å². The van der Waals surface area contributed by atoms with Crippen LogP contribution in [-0.2, 0) is 16.8 Å². The molecule has 3 aliphatic carbocycles. The van der Waals surface area contributed by atoms with Crippen LogP contribution >= 0.6 is 0 Å². The van der Waals surface area contributed by atoms with Gasteiger partial charge in [0.05, 0.1) is 0 Å². The van der Waals surface area contributed by atoms with Crippen molar-refractivity contribution in [2.75, 3.05) is 0 Å². The smallest absolute Gasteiger partial charge is 0.120 e. The molecule has 3 N–H and O–H groups in total. The van der Waals surface area contributed by atoms with Crippen LogP contribution in [0.1, 0.15) is 52.6 Å². The summed E-state index contributed by atoms with van der Waals surface area (Å²) < 4.78 is 0. The highest BCUT2D eigenvalue weighted by molar-refractivity contribution is 6.04. The first-order valence-corrected chi connectivity index (χ1v) is 13.4. The molecule has 4 aromatic carbocycles. The molecule has 3 atom stereocenters. The summed E-state index contributed by atoms with van der Waals surface area (Å²) in [6, 6.07) is 23.7. The molecule has 0 fully saturated rings. The van der Waals surface area contributed by atoms with Crippen LogP contribution in [0.3, 0.4) is 0 Å². The minimum atomic E-state index is -1.39. The lowest BCUT2D eigenvalue weighted by Crippen LogP contribution is -2.29. The van der Waals surface area contributed by atoms with Gasteiger partial charge in [-0.15, -0.1) is 19.7 Å². The van der Waals surface area contributed by atoms with Gasteiger partial charge >= 0.3 is 0 Å². The van der Waals surface area contributed by atoms with Crippen LogP contribution in [0.2, 0.25) is 0 Å². The molecule has 0 bridgehead atoms. The van der Waals surface area contributed by atoms with E-state index in [-0.39, 0.29) is 19.3 Å². The zero-order chi connectivity index (χ0) is 27.2. The van der Waals surface area contributed by atoms with Gasteiger partial charge in [0.25, 0.3) is 0 Å². The van der Waals surface area contributed by atoms with Crippen molar-refractivity contribution in [2.45, 2.75) is 36.1 Å². The molecule has 0 amide bonds. The third-order valence-corrected chi connectivity index (χ3v) is 8.99. The highest BCUT2D eigenvalue weighted by atomic mass is 16.3. The van der Waals surface area contributed by atoms with Crippen molar-refractivity contribution in [3.05, 3.63) is 144 Å². The van der Waals surface area contributed by atoms with E-state index in [0.717, 1.165) is 66.8 Å². The molecular formula is C36H30O3. The molecule has 0 aromatic heterocycles. The SMILES string of the molecule is C=CCC1(O)c2ccccc2-c2c1c1c(c3c2C(O)(CC=C)c2ccccc2-3)C(O)(CC=C)c2ccccc2-1. The molecule has 3 aliphatic rings. The van der Waals surface area contributed by atoms with Crippen molar-refractivity contribution >= 4 is 0 Å². The predicted molar refractivity (Wildman–Crippen MR) is 156 cm³/mol. The molecule has 39 heavy (non-hydrogen) atoms. The molecular weight excluding hydrogens is 480 g/mol. The van der Waals surface area contributed by atoms with E-state index >= 15 is 0 Å². The normalized spacial score (nSPS) is 24.7. The Labute approximate surface area is 228 Å². The van der Waals surface area contributed by atoms with Gasteiger partial charge in [0, 0.05) is 36.0 Å². The second-order valence-electron chi connectivity index (χ2n) is 10.9. The van der Waals surface area contributed by atoms with Gasteiger partial charge in [0.1, 0.15) is 16.8 Å². The maximum Gasteiger partial charge on any atom is 0.120 e. The summed E-state index contributed by atoms with van der Waals surface area (Å²) in [4.78, 5) is 0. The van der Waals surface area contributed by atoms with E-state index in [2.05, 4.69) is 19.7 Å². The third kappa shape index (κ3) is 2.72. The van der Waals surface area contributed by atoms with Crippen molar-refractivity contribution in [2.24, 2.45) is 0 Å². The van der Waals surface area contributed by atoms with Gasteiger partial charge in [-0.25, -0.2) is 0 Å². The van der Waals surface area contributed by atoms with Crippen LogP contribution < -0.4 is 0 Å². The molecule has 3 unspecified atom stereocenters. The van der Waals surface area contributed by atoms with E-state index in [1.54, 1.807) is 18.2 Å². The summed E-state index contributed by atoms with van der Waals surface area (Å²) >= 11 is 0. The van der Waals surface area contributed by atoms with E-state index < -0.39 is 16.8 Å². The number of hydrogen-bond acceptors (Lipinski definition) is 3. The average molecular weight is 511 g/mol. The highest BCUT2D eigenvalue weighted by Crippen LogP contribution is 2.67. The Morgan fingerprint density at radius 1 is 0.462 bits per heavy atom. The van der Waals surface area contributed by atoms with E-state index in [1.807, 2.05) is 72.8 Å². The second-order valence-corrected chi connectivity index (χ2v) is 10.9. The zero-order valence-corrected chi connectivity index (χ0v) is 21.7. The van der Waals surface area contributed by atoms with E-state index in [1.165, 1.54) is 0 Å². The fourth-order valence-corrected chi connectivity index (χ4v) is 7.65. The van der Waals surface area contributed by atoms with Crippen LogP contribution in [0.4, 0.5) is 0 Å². The van der Waals surface area contributed by atoms with Crippen LogP contribution in [0, 0.1) is 0 Å². The van der Waals surface area contributed by atoms with E-state index in [0.29, 0.717) is 0 Å². The minimum Gasteiger partial charge on any atom is -0.380 e. The maximum absolute atomic E-state index is 12.7. The van der Waals surface area contributed by atoms with Gasteiger partial charge in [0.15, 0.2) is 0 Å². The summed E-state index contributed by atoms with van der Waals surface area (Å²) in [6.45, 7) is 12.0. The Hall–Kier alpha value is -4.02. The van der Waals surface area contributed by atoms with Crippen LogP contribution in [-0.4, -0.2) is 15.3 Å². The molecule has 0 aliphatic heterocycles. The minimum absolute atomic E-state index is 0.289. The van der Waals surface area contributed by atoms with Crippen molar-refractivity contribution in [1.29, 1.82) is 0 Å². The van der Waals surface area contributed by atoms with Crippen molar-refractivity contribution in [1.82, 2.24) is 0 Å². The monoisotopic (exact) mass is 510 g/mol. The number of benzene rings is 4. The topological polar surface area (TPSA) is 60.7 Å². The first-order chi connectivity index (χ1) is 18.9. The lowest BCUT2D eigenvalue weighted by atomic mass is 9.75. The largest absolute Gasteiger partial charge is 0.380 e. The summed E-state index contributed by atoms with van der Waals surface area (Å²) in [6.07, 6.45) is 6.10. The molecule has 0 heterocycles. The molecule has 0 saturated heterocycles. The number of aliphatic hydroxyl groups is 3. The number of fused-ring (bicyclic) bond motifs is 12. The lowest BCUT2D eigenvalue weighted by molar-refractivity contribution is 0.0815. The summed E-state index contributed by atoms with van der Waals surface area (Å²) in [7, 11) is 0. The highest BCUT2D eigenvalue weighted by Gasteiger charge is 2.56. The number of hydrogen-bond donors (Lipinski definition) is 3. The Bertz CT molecular complexity index is 1520. The molecule has 0 saturated carbocycles. The van der Waals surface area contributed by atoms with Crippen molar-refractivity contribution < 1.29 is 15.3 Å². The van der Waals surface area contributed by atoms with Gasteiger partial charge in [0.2, 0.25) is 0 Å². The molecule has 3 heteroatoms. The second kappa shape index (κ2) is 8.00. The zero-order valence-electron chi connectivity index (χ0n) is 21.7. The Morgan fingerprint density at radius 2 is 0.718 bits per heavy atom. The predicted octanol–water partition coefficient (Wildman–Crippen LogP) is 7.06. The Morgan fingerprint density at radius 3 is 0.974 bits per heavy atom. The quantitative estimate of drug-likeness (QED) is 0.243. The van der Waals surface area contributed by atoms with Crippen molar-refractivity contribution in [3.8, 4) is 33.4 Å². The molecule has 192 valence electrons. The van der Waals surface area contributed by atoms with E-state index in [4.69, 9.17) is 0 Å². The Balaban J connectivity index is 1.79. The average Bonchev–Trinajstić information content (AvgIpc) is 3.46. The molecule has 3 nitrogen and oxygen atoms in total. The lowest BCUT2D eigenvalue weighted by Gasteiger charge is -2.33. The van der Waals surface area contributed by atoms with Gasteiger partial charge in [-0.3, -0.25) is 0 Å². The maximum atomic E-state index is 12.7. The molecule has 7 rings (SSSR count). The third-order valence-electron chi connectivity index (χ3n) is 8.99. The molecule has 0 radical (unpaired) electrons. The van der Waals surface area contributed by atoms with Gasteiger partial charge < -0.3 is 15.3 Å². The van der Waals surface area contributed by atoms with Gasteiger partial charge in [-0.1, -0.05) is 91.0 Å². The summed E-state index contributed by atoms with van der Waals surface area (Å²) in [5.74, 6) is 0. The summed E-state index contributed by atoms with van der Waals surface area (Å²) in [5.41, 5.74) is 5.53. The first kappa shape index (κ1) is 24.1.